The second-order valence-corrected chi connectivity index (χ2v) is 6.09. The summed E-state index contributed by atoms with van der Waals surface area (Å²) in [7, 11) is 0. The number of anilines is 4. The second-order valence-electron chi connectivity index (χ2n) is 6.09. The Bertz CT molecular complexity index is 985. The second kappa shape index (κ2) is 8.14. The smallest absolute Gasteiger partial charge is 0.274 e. The predicted octanol–water partition coefficient (Wildman–Crippen LogP) is 4.34. The Kier molecular flexibility index (Phi) is 5.47. The van der Waals surface area contributed by atoms with Crippen LogP contribution in [0, 0.1) is 6.92 Å². The minimum absolute atomic E-state index is 0.171. The van der Waals surface area contributed by atoms with Crippen LogP contribution < -0.4 is 16.0 Å². The number of benzene rings is 2. The Labute approximate surface area is 157 Å². The van der Waals surface area contributed by atoms with Crippen LogP contribution in [0.4, 0.5) is 22.7 Å². The SMILES string of the molecule is CC(=O)Nc1cccc(NC(=O)c2cc(Nc3ccccc3C)ccn2)c1. The lowest BCUT2D eigenvalue weighted by Crippen LogP contribution is -2.14. The van der Waals surface area contributed by atoms with Crippen LogP contribution >= 0.6 is 0 Å². The molecular weight excluding hydrogens is 340 g/mol. The van der Waals surface area contributed by atoms with Crippen molar-refractivity contribution in [2.45, 2.75) is 13.8 Å². The molecule has 27 heavy (non-hydrogen) atoms. The maximum absolute atomic E-state index is 12.5. The fourth-order valence-electron chi connectivity index (χ4n) is 2.57. The molecule has 0 aliphatic heterocycles. The molecule has 0 bridgehead atoms. The molecule has 3 N–H and O–H groups in total. The van der Waals surface area contributed by atoms with Crippen LogP contribution in [0.2, 0.25) is 0 Å². The number of carbonyl (C=O) groups excluding carboxylic acids is 2. The van der Waals surface area contributed by atoms with Crippen LogP contribution in [0.1, 0.15) is 23.0 Å². The molecule has 3 rings (SSSR count). The van der Waals surface area contributed by atoms with E-state index in [2.05, 4.69) is 20.9 Å². The number of carbonyl (C=O) groups is 2. The summed E-state index contributed by atoms with van der Waals surface area (Å²) in [6, 6.07) is 18.4. The van der Waals surface area contributed by atoms with Crippen LogP contribution in [-0.4, -0.2) is 16.8 Å². The molecule has 0 spiro atoms. The minimum atomic E-state index is -0.330. The summed E-state index contributed by atoms with van der Waals surface area (Å²) in [5, 5.41) is 8.77. The van der Waals surface area contributed by atoms with Crippen LogP contribution in [-0.2, 0) is 4.79 Å². The van der Waals surface area contributed by atoms with E-state index < -0.39 is 0 Å². The van der Waals surface area contributed by atoms with E-state index in [-0.39, 0.29) is 11.8 Å². The summed E-state index contributed by atoms with van der Waals surface area (Å²) < 4.78 is 0. The molecule has 0 fully saturated rings. The van der Waals surface area contributed by atoms with Gasteiger partial charge in [0.1, 0.15) is 5.69 Å². The molecule has 6 heteroatoms. The number of aryl methyl sites for hydroxylation is 1. The number of hydrogen-bond donors (Lipinski definition) is 3. The van der Waals surface area contributed by atoms with Crippen LogP contribution in [0.3, 0.4) is 0 Å². The van der Waals surface area contributed by atoms with Crippen LogP contribution in [0.5, 0.6) is 0 Å². The zero-order valence-corrected chi connectivity index (χ0v) is 15.1. The summed E-state index contributed by atoms with van der Waals surface area (Å²) in [4.78, 5) is 27.8. The van der Waals surface area contributed by atoms with Crippen molar-refractivity contribution in [2.75, 3.05) is 16.0 Å². The highest BCUT2D eigenvalue weighted by Crippen LogP contribution is 2.21. The summed E-state index contributed by atoms with van der Waals surface area (Å²) in [6.07, 6.45) is 1.59. The molecule has 0 radical (unpaired) electrons. The molecule has 0 saturated carbocycles. The first kappa shape index (κ1) is 18.1. The fraction of sp³-hybridized carbons (Fsp3) is 0.0952. The third-order valence-corrected chi connectivity index (χ3v) is 3.86. The van der Waals surface area contributed by atoms with E-state index >= 15 is 0 Å². The normalized spacial score (nSPS) is 10.1. The number of para-hydroxylation sites is 1. The maximum atomic E-state index is 12.5. The maximum Gasteiger partial charge on any atom is 0.274 e. The number of amides is 2. The van der Waals surface area contributed by atoms with Gasteiger partial charge in [0.25, 0.3) is 5.91 Å². The first-order valence-electron chi connectivity index (χ1n) is 8.49. The highest BCUT2D eigenvalue weighted by molar-refractivity contribution is 6.03. The van der Waals surface area contributed by atoms with Crippen molar-refractivity contribution in [3.05, 3.63) is 78.1 Å². The number of pyridine rings is 1. The van der Waals surface area contributed by atoms with Gasteiger partial charge in [-0.2, -0.15) is 0 Å². The van der Waals surface area contributed by atoms with Crippen LogP contribution in [0.25, 0.3) is 0 Å². The molecule has 0 atom stereocenters. The standard InChI is InChI=1S/C21H20N4O2/c1-14-6-3-4-9-19(14)24-18-10-11-22-20(13-18)21(27)25-17-8-5-7-16(12-17)23-15(2)26/h3-13H,1-2H3,(H,22,24)(H,23,26)(H,25,27). The van der Waals surface area contributed by atoms with Crippen molar-refractivity contribution in [3.63, 3.8) is 0 Å². The Morgan fingerprint density at radius 2 is 1.59 bits per heavy atom. The molecule has 0 unspecified atom stereocenters. The molecule has 0 aliphatic carbocycles. The van der Waals surface area contributed by atoms with E-state index in [0.29, 0.717) is 17.1 Å². The lowest BCUT2D eigenvalue weighted by atomic mass is 10.2. The highest BCUT2D eigenvalue weighted by atomic mass is 16.2. The Morgan fingerprint density at radius 3 is 2.33 bits per heavy atom. The van der Waals surface area contributed by atoms with Gasteiger partial charge in [-0.1, -0.05) is 24.3 Å². The quantitative estimate of drug-likeness (QED) is 0.632. The molecule has 0 saturated heterocycles. The van der Waals surface area contributed by atoms with Gasteiger partial charge in [0.2, 0.25) is 5.91 Å². The molecule has 6 nitrogen and oxygen atoms in total. The number of nitrogens with zero attached hydrogens (tertiary/aromatic N) is 1. The monoisotopic (exact) mass is 360 g/mol. The molecule has 1 heterocycles. The first-order valence-corrected chi connectivity index (χ1v) is 8.49. The van der Waals surface area contributed by atoms with E-state index in [9.17, 15) is 9.59 Å². The summed E-state index contributed by atoms with van der Waals surface area (Å²) in [6.45, 7) is 3.45. The average molecular weight is 360 g/mol. The van der Waals surface area contributed by atoms with Gasteiger partial charge in [-0.25, -0.2) is 0 Å². The minimum Gasteiger partial charge on any atom is -0.355 e. The van der Waals surface area contributed by atoms with E-state index in [1.807, 2.05) is 31.2 Å². The summed E-state index contributed by atoms with van der Waals surface area (Å²) >= 11 is 0. The molecule has 1 aromatic heterocycles. The molecule has 136 valence electrons. The van der Waals surface area contributed by atoms with E-state index in [1.54, 1.807) is 42.6 Å². The number of rotatable bonds is 5. The molecule has 3 aromatic rings. The third kappa shape index (κ3) is 4.92. The van der Waals surface area contributed by atoms with E-state index in [0.717, 1.165) is 16.9 Å². The largest absolute Gasteiger partial charge is 0.355 e. The van der Waals surface area contributed by atoms with Crippen molar-refractivity contribution in [1.82, 2.24) is 4.98 Å². The number of nitrogens with one attached hydrogen (secondary N) is 3. The molecular formula is C21H20N4O2. The molecule has 2 aromatic carbocycles. The fourth-order valence-corrected chi connectivity index (χ4v) is 2.57. The predicted molar refractivity (Wildman–Crippen MR) is 107 cm³/mol. The van der Waals surface area contributed by atoms with Gasteiger partial charge in [-0.3, -0.25) is 14.6 Å². The van der Waals surface area contributed by atoms with Gasteiger partial charge in [0.15, 0.2) is 0 Å². The van der Waals surface area contributed by atoms with Crippen molar-refractivity contribution < 1.29 is 9.59 Å². The lowest BCUT2D eigenvalue weighted by Gasteiger charge is -2.11. The van der Waals surface area contributed by atoms with E-state index in [4.69, 9.17) is 0 Å². The molecule has 2 amide bonds. The van der Waals surface area contributed by atoms with Crippen molar-refractivity contribution in [2.24, 2.45) is 0 Å². The number of aromatic nitrogens is 1. The topological polar surface area (TPSA) is 83.1 Å². The van der Waals surface area contributed by atoms with E-state index in [1.165, 1.54) is 6.92 Å². The third-order valence-electron chi connectivity index (χ3n) is 3.86. The highest BCUT2D eigenvalue weighted by Gasteiger charge is 2.10. The lowest BCUT2D eigenvalue weighted by molar-refractivity contribution is -0.114. The zero-order chi connectivity index (χ0) is 19.2. The van der Waals surface area contributed by atoms with Crippen molar-refractivity contribution in [1.29, 1.82) is 0 Å². The average Bonchev–Trinajstić information content (AvgIpc) is 2.64. The molecule has 0 aliphatic rings. The van der Waals surface area contributed by atoms with Gasteiger partial charge in [-0.05, 0) is 48.9 Å². The summed E-state index contributed by atoms with van der Waals surface area (Å²) in [5.41, 5.74) is 4.33. The van der Waals surface area contributed by atoms with Gasteiger partial charge in [0, 0.05) is 35.9 Å². The Balaban J connectivity index is 1.74. The summed E-state index contributed by atoms with van der Waals surface area (Å²) in [5.74, 6) is -0.501. The van der Waals surface area contributed by atoms with Crippen molar-refractivity contribution in [3.8, 4) is 0 Å². The van der Waals surface area contributed by atoms with Gasteiger partial charge >= 0.3 is 0 Å². The van der Waals surface area contributed by atoms with Gasteiger partial charge in [-0.15, -0.1) is 0 Å². The Morgan fingerprint density at radius 1 is 0.852 bits per heavy atom. The zero-order valence-electron chi connectivity index (χ0n) is 15.1. The first-order chi connectivity index (χ1) is 13.0. The van der Waals surface area contributed by atoms with Gasteiger partial charge in [0.05, 0.1) is 0 Å². The number of hydrogen-bond acceptors (Lipinski definition) is 4. The van der Waals surface area contributed by atoms with Gasteiger partial charge < -0.3 is 16.0 Å². The van der Waals surface area contributed by atoms with Crippen molar-refractivity contribution >= 4 is 34.6 Å². The van der Waals surface area contributed by atoms with Crippen LogP contribution in [0.15, 0.2) is 66.9 Å². The Hall–Kier alpha value is -3.67.